The second-order valence-electron chi connectivity index (χ2n) is 6.34. The Labute approximate surface area is 122 Å². The van der Waals surface area contributed by atoms with Crippen LogP contribution in [0.2, 0.25) is 0 Å². The maximum Gasteiger partial charge on any atom is 0.239 e. The number of carbonyl (C=O) groups excluding carboxylic acids is 2. The zero-order chi connectivity index (χ0) is 14.4. The number of nitrogens with one attached hydrogen (secondary N) is 1. The second-order valence-corrected chi connectivity index (χ2v) is 6.34. The highest BCUT2D eigenvalue weighted by Gasteiger charge is 2.26. The summed E-state index contributed by atoms with van der Waals surface area (Å²) in [7, 11) is 0. The van der Waals surface area contributed by atoms with Crippen LogP contribution in [-0.2, 0) is 9.59 Å². The predicted octanol–water partition coefficient (Wildman–Crippen LogP) is 2.62. The number of amides is 2. The normalized spacial score (nSPS) is 21.4. The van der Waals surface area contributed by atoms with Gasteiger partial charge in [0.1, 0.15) is 0 Å². The smallest absolute Gasteiger partial charge is 0.239 e. The van der Waals surface area contributed by atoms with Crippen molar-refractivity contribution < 1.29 is 9.59 Å². The van der Waals surface area contributed by atoms with Crippen molar-refractivity contribution >= 4 is 11.8 Å². The molecule has 2 aliphatic carbocycles. The third-order valence-corrected chi connectivity index (χ3v) is 4.70. The fourth-order valence-electron chi connectivity index (χ4n) is 3.57. The molecule has 0 saturated heterocycles. The third-order valence-electron chi connectivity index (χ3n) is 4.70. The first-order valence-corrected chi connectivity index (χ1v) is 8.23. The van der Waals surface area contributed by atoms with Crippen molar-refractivity contribution in [1.29, 1.82) is 0 Å². The van der Waals surface area contributed by atoms with Gasteiger partial charge in [0.05, 0.1) is 6.54 Å². The molecule has 2 rings (SSSR count). The maximum atomic E-state index is 12.2. The van der Waals surface area contributed by atoms with E-state index in [2.05, 4.69) is 5.32 Å². The molecule has 0 unspecified atom stereocenters. The van der Waals surface area contributed by atoms with Crippen molar-refractivity contribution in [3.05, 3.63) is 0 Å². The molecule has 0 aromatic rings. The number of hydrogen-bond donors (Lipinski definition) is 1. The Bertz CT molecular complexity index is 331. The van der Waals surface area contributed by atoms with Crippen molar-refractivity contribution in [2.75, 3.05) is 6.54 Å². The first-order valence-electron chi connectivity index (χ1n) is 8.23. The molecular weight excluding hydrogens is 252 g/mol. The molecule has 2 fully saturated rings. The van der Waals surface area contributed by atoms with Gasteiger partial charge >= 0.3 is 0 Å². The van der Waals surface area contributed by atoms with Gasteiger partial charge in [-0.05, 0) is 25.7 Å². The van der Waals surface area contributed by atoms with Gasteiger partial charge in [-0.3, -0.25) is 9.59 Å². The predicted molar refractivity (Wildman–Crippen MR) is 79.3 cm³/mol. The van der Waals surface area contributed by atoms with E-state index in [1.807, 2.05) is 0 Å². The Hall–Kier alpha value is -1.06. The van der Waals surface area contributed by atoms with Crippen LogP contribution in [0, 0.1) is 0 Å². The topological polar surface area (TPSA) is 49.4 Å². The summed E-state index contributed by atoms with van der Waals surface area (Å²) >= 11 is 0. The van der Waals surface area contributed by atoms with Crippen LogP contribution < -0.4 is 5.32 Å². The first-order chi connectivity index (χ1) is 9.66. The molecule has 0 aliphatic heterocycles. The lowest BCUT2D eigenvalue weighted by Gasteiger charge is -2.34. The van der Waals surface area contributed by atoms with Crippen LogP contribution in [0.4, 0.5) is 0 Å². The molecule has 0 aromatic carbocycles. The Morgan fingerprint density at radius 1 is 0.950 bits per heavy atom. The molecule has 0 atom stereocenters. The first kappa shape index (κ1) is 15.3. The summed E-state index contributed by atoms with van der Waals surface area (Å²) < 4.78 is 0. The van der Waals surface area contributed by atoms with E-state index in [-0.39, 0.29) is 24.4 Å². The molecule has 0 bridgehead atoms. The van der Waals surface area contributed by atoms with Gasteiger partial charge in [0.2, 0.25) is 11.8 Å². The number of rotatable bonds is 4. The standard InChI is InChI=1S/C16H28N2O2/c1-13(19)18(15-10-6-3-7-11-15)12-16(20)17-14-8-4-2-5-9-14/h14-15H,2-12H2,1H3,(H,17,20). The summed E-state index contributed by atoms with van der Waals surface area (Å²) in [5, 5.41) is 3.11. The van der Waals surface area contributed by atoms with Crippen LogP contribution in [0.3, 0.4) is 0 Å². The molecule has 0 spiro atoms. The minimum absolute atomic E-state index is 0.0256. The summed E-state index contributed by atoms with van der Waals surface area (Å²) in [4.78, 5) is 25.8. The lowest BCUT2D eigenvalue weighted by molar-refractivity contribution is -0.137. The van der Waals surface area contributed by atoms with Gasteiger partial charge in [-0.15, -0.1) is 0 Å². The highest BCUT2D eigenvalue weighted by molar-refractivity contribution is 5.84. The van der Waals surface area contributed by atoms with Crippen molar-refractivity contribution in [2.24, 2.45) is 0 Å². The van der Waals surface area contributed by atoms with E-state index in [1.165, 1.54) is 38.5 Å². The largest absolute Gasteiger partial charge is 0.352 e. The third kappa shape index (κ3) is 4.50. The SMILES string of the molecule is CC(=O)N(CC(=O)NC1CCCCC1)C1CCCCC1. The molecule has 1 N–H and O–H groups in total. The number of hydrogen-bond acceptors (Lipinski definition) is 2. The molecule has 114 valence electrons. The number of nitrogens with zero attached hydrogens (tertiary/aromatic N) is 1. The van der Waals surface area contributed by atoms with Crippen molar-refractivity contribution in [1.82, 2.24) is 10.2 Å². The van der Waals surface area contributed by atoms with Gasteiger partial charge < -0.3 is 10.2 Å². The summed E-state index contributed by atoms with van der Waals surface area (Å²) in [6, 6.07) is 0.606. The molecule has 20 heavy (non-hydrogen) atoms. The minimum Gasteiger partial charge on any atom is -0.352 e. The molecule has 2 saturated carbocycles. The quantitative estimate of drug-likeness (QED) is 0.860. The van der Waals surface area contributed by atoms with Crippen molar-refractivity contribution in [3.8, 4) is 0 Å². The van der Waals surface area contributed by atoms with Gasteiger partial charge in [0.25, 0.3) is 0 Å². The van der Waals surface area contributed by atoms with Crippen LogP contribution in [0.25, 0.3) is 0 Å². The summed E-state index contributed by atoms with van der Waals surface area (Å²) in [5.41, 5.74) is 0. The molecular formula is C16H28N2O2. The van der Waals surface area contributed by atoms with Gasteiger partial charge in [0, 0.05) is 19.0 Å². The molecule has 4 heteroatoms. The Kier molecular flexibility index (Phi) is 5.86. The lowest BCUT2D eigenvalue weighted by Crippen LogP contribution is -2.48. The Balaban J connectivity index is 1.83. The molecule has 2 amide bonds. The molecule has 0 aromatic heterocycles. The Morgan fingerprint density at radius 2 is 1.50 bits per heavy atom. The average molecular weight is 280 g/mol. The monoisotopic (exact) mass is 280 g/mol. The lowest BCUT2D eigenvalue weighted by atomic mass is 9.94. The van der Waals surface area contributed by atoms with Gasteiger partial charge in [-0.1, -0.05) is 38.5 Å². The number of carbonyl (C=O) groups is 2. The summed E-state index contributed by atoms with van der Waals surface area (Å²) in [6.07, 6.45) is 11.6. The zero-order valence-electron chi connectivity index (χ0n) is 12.7. The Morgan fingerprint density at radius 3 is 2.05 bits per heavy atom. The van der Waals surface area contributed by atoms with Gasteiger partial charge in [-0.2, -0.15) is 0 Å². The molecule has 0 radical (unpaired) electrons. The van der Waals surface area contributed by atoms with Crippen LogP contribution in [0.15, 0.2) is 0 Å². The van der Waals surface area contributed by atoms with Crippen LogP contribution in [0.5, 0.6) is 0 Å². The average Bonchev–Trinajstić information content (AvgIpc) is 2.46. The van der Waals surface area contributed by atoms with E-state index in [1.54, 1.807) is 11.8 Å². The van der Waals surface area contributed by atoms with E-state index in [4.69, 9.17) is 0 Å². The maximum absolute atomic E-state index is 12.2. The van der Waals surface area contributed by atoms with E-state index < -0.39 is 0 Å². The van der Waals surface area contributed by atoms with Crippen molar-refractivity contribution in [2.45, 2.75) is 83.2 Å². The fraction of sp³-hybridized carbons (Fsp3) is 0.875. The van der Waals surface area contributed by atoms with Gasteiger partial charge in [0.15, 0.2) is 0 Å². The zero-order valence-corrected chi connectivity index (χ0v) is 12.7. The van der Waals surface area contributed by atoms with E-state index in [9.17, 15) is 9.59 Å². The second kappa shape index (κ2) is 7.65. The highest BCUT2D eigenvalue weighted by atomic mass is 16.2. The van der Waals surface area contributed by atoms with Crippen LogP contribution >= 0.6 is 0 Å². The van der Waals surface area contributed by atoms with Crippen LogP contribution in [0.1, 0.15) is 71.1 Å². The minimum atomic E-state index is 0.0256. The van der Waals surface area contributed by atoms with E-state index in [0.29, 0.717) is 6.04 Å². The molecule has 0 heterocycles. The summed E-state index contributed by atoms with van der Waals surface area (Å²) in [6.45, 7) is 1.83. The van der Waals surface area contributed by atoms with E-state index in [0.717, 1.165) is 25.7 Å². The van der Waals surface area contributed by atoms with E-state index >= 15 is 0 Å². The fourth-order valence-corrected chi connectivity index (χ4v) is 3.57. The molecule has 2 aliphatic rings. The van der Waals surface area contributed by atoms with Crippen molar-refractivity contribution in [3.63, 3.8) is 0 Å². The van der Waals surface area contributed by atoms with Crippen LogP contribution in [-0.4, -0.2) is 35.3 Å². The molecule has 4 nitrogen and oxygen atoms in total. The summed E-state index contributed by atoms with van der Waals surface area (Å²) in [5.74, 6) is 0.0633. The highest BCUT2D eigenvalue weighted by Crippen LogP contribution is 2.23. The van der Waals surface area contributed by atoms with Gasteiger partial charge in [-0.25, -0.2) is 0 Å².